The van der Waals surface area contributed by atoms with E-state index in [4.69, 9.17) is 4.74 Å². The fourth-order valence-electron chi connectivity index (χ4n) is 1.87. The molecule has 0 aliphatic heterocycles. The predicted molar refractivity (Wildman–Crippen MR) is 68.1 cm³/mol. The summed E-state index contributed by atoms with van der Waals surface area (Å²) < 4.78 is 18.3. The van der Waals surface area contributed by atoms with Gasteiger partial charge in [-0.2, -0.15) is 0 Å². The summed E-state index contributed by atoms with van der Waals surface area (Å²) in [5.74, 6) is 0.357. The van der Waals surface area contributed by atoms with Gasteiger partial charge in [-0.15, -0.1) is 0 Å². The average Bonchev–Trinajstić information content (AvgIpc) is 2.39. The van der Waals surface area contributed by atoms with Crippen LogP contribution in [0.5, 0.6) is 5.75 Å². The first-order valence-electron chi connectivity index (χ1n) is 5.67. The molecular formula is C15H15FO2. The quantitative estimate of drug-likeness (QED) is 0.901. The lowest BCUT2D eigenvalue weighted by atomic mass is 9.88. The van der Waals surface area contributed by atoms with Gasteiger partial charge in [0.15, 0.2) is 0 Å². The lowest BCUT2D eigenvalue weighted by molar-refractivity contribution is 0.102. The Kier molecular flexibility index (Phi) is 3.34. The van der Waals surface area contributed by atoms with Gasteiger partial charge >= 0.3 is 0 Å². The highest BCUT2D eigenvalue weighted by Gasteiger charge is 2.25. The molecular weight excluding hydrogens is 231 g/mol. The molecule has 2 nitrogen and oxygen atoms in total. The first-order valence-corrected chi connectivity index (χ1v) is 5.67. The van der Waals surface area contributed by atoms with E-state index in [1.54, 1.807) is 50.4 Å². The van der Waals surface area contributed by atoms with Crippen LogP contribution in [0.2, 0.25) is 0 Å². The van der Waals surface area contributed by atoms with E-state index in [0.717, 1.165) is 0 Å². The molecule has 0 heterocycles. The summed E-state index contributed by atoms with van der Waals surface area (Å²) >= 11 is 0. The van der Waals surface area contributed by atoms with Crippen molar-refractivity contribution in [3.05, 3.63) is 65.5 Å². The summed E-state index contributed by atoms with van der Waals surface area (Å²) in [7, 11) is 1.58. The predicted octanol–water partition coefficient (Wildman–Crippen LogP) is 3.09. The van der Waals surface area contributed by atoms with E-state index < -0.39 is 5.60 Å². The van der Waals surface area contributed by atoms with Crippen LogP contribution in [0.1, 0.15) is 18.1 Å². The van der Waals surface area contributed by atoms with E-state index in [1.807, 2.05) is 0 Å². The molecule has 1 N–H and O–H groups in total. The zero-order valence-corrected chi connectivity index (χ0v) is 10.4. The van der Waals surface area contributed by atoms with Crippen molar-refractivity contribution in [2.45, 2.75) is 12.5 Å². The van der Waals surface area contributed by atoms with Crippen molar-refractivity contribution in [2.75, 3.05) is 7.11 Å². The van der Waals surface area contributed by atoms with E-state index in [-0.39, 0.29) is 5.82 Å². The smallest absolute Gasteiger partial charge is 0.123 e. The normalized spacial score (nSPS) is 14.0. The number of methoxy groups -OCH3 is 1. The van der Waals surface area contributed by atoms with E-state index in [0.29, 0.717) is 16.9 Å². The first kappa shape index (κ1) is 12.6. The van der Waals surface area contributed by atoms with Crippen molar-refractivity contribution in [1.82, 2.24) is 0 Å². The van der Waals surface area contributed by atoms with Gasteiger partial charge in [-0.05, 0) is 42.3 Å². The third-order valence-corrected chi connectivity index (χ3v) is 3.04. The van der Waals surface area contributed by atoms with E-state index in [1.165, 1.54) is 12.1 Å². The molecule has 2 aromatic rings. The highest BCUT2D eigenvalue weighted by Crippen LogP contribution is 2.30. The fraction of sp³-hybridized carbons (Fsp3) is 0.200. The zero-order chi connectivity index (χ0) is 13.2. The van der Waals surface area contributed by atoms with Crippen LogP contribution in [0.15, 0.2) is 48.5 Å². The Labute approximate surface area is 106 Å². The summed E-state index contributed by atoms with van der Waals surface area (Å²) in [5.41, 5.74) is -0.0180. The van der Waals surface area contributed by atoms with Gasteiger partial charge in [0.25, 0.3) is 0 Å². The van der Waals surface area contributed by atoms with Crippen molar-refractivity contribution < 1.29 is 14.2 Å². The van der Waals surface area contributed by atoms with Crippen LogP contribution in [0.3, 0.4) is 0 Å². The number of benzene rings is 2. The molecule has 2 rings (SSSR count). The molecule has 3 heteroatoms. The van der Waals surface area contributed by atoms with E-state index >= 15 is 0 Å². The lowest BCUT2D eigenvalue weighted by Gasteiger charge is -2.24. The second-order valence-electron chi connectivity index (χ2n) is 4.31. The maximum absolute atomic E-state index is 13.2. The number of aliphatic hydroxyl groups is 1. The summed E-state index contributed by atoms with van der Waals surface area (Å²) in [6.07, 6.45) is 0. The summed E-state index contributed by atoms with van der Waals surface area (Å²) in [6, 6.07) is 13.0. The van der Waals surface area contributed by atoms with Gasteiger partial charge in [0, 0.05) is 0 Å². The minimum Gasteiger partial charge on any atom is -0.497 e. The van der Waals surface area contributed by atoms with Crippen LogP contribution in [0.25, 0.3) is 0 Å². The molecule has 18 heavy (non-hydrogen) atoms. The molecule has 0 aliphatic rings. The monoisotopic (exact) mass is 246 g/mol. The van der Waals surface area contributed by atoms with Gasteiger partial charge in [0.2, 0.25) is 0 Å². The van der Waals surface area contributed by atoms with Gasteiger partial charge in [0.05, 0.1) is 7.11 Å². The van der Waals surface area contributed by atoms with Crippen LogP contribution in [0, 0.1) is 5.82 Å². The third kappa shape index (κ3) is 2.36. The maximum atomic E-state index is 13.2. The Balaban J connectivity index is 2.40. The summed E-state index contributed by atoms with van der Waals surface area (Å²) in [4.78, 5) is 0. The molecule has 0 bridgehead atoms. The Hall–Kier alpha value is -1.87. The van der Waals surface area contributed by atoms with Gasteiger partial charge in [0.1, 0.15) is 17.2 Å². The Morgan fingerprint density at radius 1 is 1.06 bits per heavy atom. The summed E-state index contributed by atoms with van der Waals surface area (Å²) in [6.45, 7) is 1.64. The van der Waals surface area contributed by atoms with Crippen LogP contribution in [-0.4, -0.2) is 12.2 Å². The highest BCUT2D eigenvalue weighted by molar-refractivity contribution is 5.38. The Morgan fingerprint density at radius 3 is 2.28 bits per heavy atom. The number of hydrogen-bond donors (Lipinski definition) is 1. The Morgan fingerprint density at radius 2 is 1.72 bits per heavy atom. The van der Waals surface area contributed by atoms with Crippen LogP contribution in [0.4, 0.5) is 4.39 Å². The largest absolute Gasteiger partial charge is 0.497 e. The van der Waals surface area contributed by atoms with Gasteiger partial charge in [-0.3, -0.25) is 0 Å². The minimum atomic E-state index is -1.23. The van der Waals surface area contributed by atoms with Crippen molar-refractivity contribution in [1.29, 1.82) is 0 Å². The molecule has 1 atom stereocenters. The van der Waals surface area contributed by atoms with Crippen LogP contribution >= 0.6 is 0 Å². The molecule has 94 valence electrons. The van der Waals surface area contributed by atoms with Crippen LogP contribution < -0.4 is 4.74 Å². The van der Waals surface area contributed by atoms with Gasteiger partial charge in [-0.25, -0.2) is 4.39 Å². The standard InChI is InChI=1S/C15H15FO2/c1-15(17,12-4-3-5-13(16)10-12)11-6-8-14(18-2)9-7-11/h3-10,17H,1-2H3. The second kappa shape index (κ2) is 4.78. The van der Waals surface area contributed by atoms with Gasteiger partial charge < -0.3 is 9.84 Å². The molecule has 0 spiro atoms. The zero-order valence-electron chi connectivity index (χ0n) is 10.4. The highest BCUT2D eigenvalue weighted by atomic mass is 19.1. The first-order chi connectivity index (χ1) is 8.54. The number of ether oxygens (including phenoxy) is 1. The Bertz CT molecular complexity index is 532. The number of halogens is 1. The summed E-state index contributed by atoms with van der Waals surface area (Å²) in [5, 5.41) is 10.5. The molecule has 0 fully saturated rings. The lowest BCUT2D eigenvalue weighted by Crippen LogP contribution is -2.22. The third-order valence-electron chi connectivity index (χ3n) is 3.04. The van der Waals surface area contributed by atoms with Crippen LogP contribution in [-0.2, 0) is 5.60 Å². The molecule has 0 radical (unpaired) electrons. The van der Waals surface area contributed by atoms with Crippen molar-refractivity contribution in [3.63, 3.8) is 0 Å². The minimum absolute atomic E-state index is 0.360. The molecule has 1 unspecified atom stereocenters. The molecule has 0 aliphatic carbocycles. The van der Waals surface area contributed by atoms with E-state index in [2.05, 4.69) is 0 Å². The number of rotatable bonds is 3. The van der Waals surface area contributed by atoms with Crippen molar-refractivity contribution >= 4 is 0 Å². The molecule has 0 saturated carbocycles. The molecule has 0 aromatic heterocycles. The van der Waals surface area contributed by atoms with E-state index in [9.17, 15) is 9.50 Å². The molecule has 0 amide bonds. The average molecular weight is 246 g/mol. The molecule has 0 saturated heterocycles. The maximum Gasteiger partial charge on any atom is 0.123 e. The fourth-order valence-corrected chi connectivity index (χ4v) is 1.87. The topological polar surface area (TPSA) is 29.5 Å². The van der Waals surface area contributed by atoms with Crippen molar-refractivity contribution in [2.24, 2.45) is 0 Å². The number of hydrogen-bond acceptors (Lipinski definition) is 2. The molecule has 2 aromatic carbocycles. The SMILES string of the molecule is COc1ccc(C(C)(O)c2cccc(F)c2)cc1. The second-order valence-corrected chi connectivity index (χ2v) is 4.31. The van der Waals surface area contributed by atoms with Crippen molar-refractivity contribution in [3.8, 4) is 5.75 Å². The van der Waals surface area contributed by atoms with Gasteiger partial charge in [-0.1, -0.05) is 24.3 Å².